The van der Waals surface area contributed by atoms with Crippen molar-refractivity contribution in [2.45, 2.75) is 31.3 Å². The zero-order chi connectivity index (χ0) is 23.0. The molecule has 0 spiro atoms. The van der Waals surface area contributed by atoms with E-state index in [0.717, 1.165) is 5.48 Å². The van der Waals surface area contributed by atoms with Crippen LogP contribution in [-0.2, 0) is 16.6 Å². The highest BCUT2D eigenvalue weighted by atomic mass is 32.2. The molecule has 164 valence electrons. The van der Waals surface area contributed by atoms with Crippen LogP contribution in [0.1, 0.15) is 29.8 Å². The fraction of sp³-hybridized carbons (Fsp3) is 0.235. The molecule has 30 heavy (non-hydrogen) atoms. The average Bonchev–Trinajstić information content (AvgIpc) is 2.67. The molecule has 0 unspecified atom stereocenters. The predicted octanol–water partition coefficient (Wildman–Crippen LogP) is 3.24. The van der Waals surface area contributed by atoms with E-state index in [1.807, 2.05) is 0 Å². The van der Waals surface area contributed by atoms with Crippen LogP contribution in [0.4, 0.5) is 26.3 Å². The fourth-order valence-corrected chi connectivity index (χ4v) is 4.21. The summed E-state index contributed by atoms with van der Waals surface area (Å²) in [6, 6.07) is -0.260. The number of rotatable bonds is 6. The van der Waals surface area contributed by atoms with Crippen LogP contribution in [0.25, 0.3) is 0 Å². The maximum Gasteiger partial charge on any atom is 0.277 e. The number of halogens is 6. The zero-order valence-corrected chi connectivity index (χ0v) is 16.1. The Morgan fingerprint density at radius 3 is 2.10 bits per heavy atom. The van der Waals surface area contributed by atoms with Gasteiger partial charge in [0.25, 0.3) is 5.91 Å². The molecule has 0 saturated carbocycles. The molecule has 2 N–H and O–H groups in total. The first kappa shape index (κ1) is 23.6. The molecule has 2 aromatic rings. The van der Waals surface area contributed by atoms with Gasteiger partial charge < -0.3 is 0 Å². The first-order valence-electron chi connectivity index (χ1n) is 8.10. The third-order valence-corrected chi connectivity index (χ3v) is 6.06. The second-order valence-electron chi connectivity index (χ2n) is 6.31. The average molecular weight is 456 g/mol. The van der Waals surface area contributed by atoms with E-state index in [-0.39, 0.29) is 6.07 Å². The minimum atomic E-state index is -5.05. The molecular weight excluding hydrogens is 442 g/mol. The molecule has 0 heterocycles. The van der Waals surface area contributed by atoms with Crippen molar-refractivity contribution in [3.63, 3.8) is 0 Å². The van der Waals surface area contributed by atoms with Crippen LogP contribution >= 0.6 is 0 Å². The van der Waals surface area contributed by atoms with Crippen molar-refractivity contribution >= 4 is 15.9 Å². The van der Waals surface area contributed by atoms with Gasteiger partial charge in [-0.15, -0.1) is 0 Å². The van der Waals surface area contributed by atoms with Gasteiger partial charge in [-0.2, -0.15) is 4.31 Å². The van der Waals surface area contributed by atoms with E-state index in [9.17, 15) is 39.6 Å². The molecule has 0 bridgehead atoms. The minimum Gasteiger partial charge on any atom is -0.288 e. The summed E-state index contributed by atoms with van der Waals surface area (Å²) in [6.45, 7) is 1.59. The number of nitrogens with one attached hydrogen (secondary N) is 1. The van der Waals surface area contributed by atoms with E-state index in [4.69, 9.17) is 5.21 Å². The summed E-state index contributed by atoms with van der Waals surface area (Å²) in [6.07, 6.45) is 0. The summed E-state index contributed by atoms with van der Waals surface area (Å²) in [5.41, 5.74) is -0.392. The maximum absolute atomic E-state index is 14.3. The number of hydroxylamine groups is 1. The van der Waals surface area contributed by atoms with Gasteiger partial charge >= 0.3 is 0 Å². The Morgan fingerprint density at radius 1 is 0.967 bits per heavy atom. The van der Waals surface area contributed by atoms with Crippen molar-refractivity contribution in [2.24, 2.45) is 0 Å². The number of amides is 1. The normalized spacial score (nSPS) is 12.0. The third kappa shape index (κ3) is 4.27. The molecule has 0 aromatic heterocycles. The molecule has 0 aliphatic heterocycles. The van der Waals surface area contributed by atoms with Crippen molar-refractivity contribution in [1.29, 1.82) is 0 Å². The number of sulfonamides is 1. The van der Waals surface area contributed by atoms with Crippen molar-refractivity contribution < 1.29 is 44.8 Å². The Bertz CT molecular complexity index is 1110. The molecule has 2 aromatic carbocycles. The van der Waals surface area contributed by atoms with Crippen LogP contribution in [0.2, 0.25) is 0 Å². The van der Waals surface area contributed by atoms with Gasteiger partial charge in [0.15, 0.2) is 23.3 Å². The van der Waals surface area contributed by atoms with Crippen molar-refractivity contribution in [3.05, 3.63) is 64.2 Å². The number of hydrogen-bond acceptors (Lipinski definition) is 4. The summed E-state index contributed by atoms with van der Waals surface area (Å²) in [4.78, 5) is 9.75. The number of carbonyl (C=O) groups excluding carboxylic acids is 1. The Morgan fingerprint density at radius 2 is 1.57 bits per heavy atom. The first-order valence-corrected chi connectivity index (χ1v) is 9.54. The monoisotopic (exact) mass is 456 g/mol. The summed E-state index contributed by atoms with van der Waals surface area (Å²) in [5.74, 6) is -12.7. The quantitative estimate of drug-likeness (QED) is 0.230. The highest BCUT2D eigenvalue weighted by Crippen LogP contribution is 2.28. The number of hydrogen-bond donors (Lipinski definition) is 2. The summed E-state index contributed by atoms with van der Waals surface area (Å²) >= 11 is 0. The second kappa shape index (κ2) is 8.62. The standard InChI is InChI=1S/C17H14F6N2O4S/c1-7(2)25(6-8-3-11(19)9(4-10(8)18)17(26)24-27)30(28,29)13-5-12(20)14(21)16(23)15(13)22/h3-5,7,27H,6H2,1-2H3,(H,24,26). The van der Waals surface area contributed by atoms with Gasteiger partial charge in [-0.1, -0.05) is 0 Å². The first-order chi connectivity index (χ1) is 13.8. The number of carbonyl (C=O) groups is 1. The van der Waals surface area contributed by atoms with Crippen LogP contribution in [-0.4, -0.2) is 29.9 Å². The molecule has 0 aliphatic carbocycles. The van der Waals surface area contributed by atoms with Crippen LogP contribution in [0.15, 0.2) is 23.1 Å². The lowest BCUT2D eigenvalue weighted by Gasteiger charge is -2.26. The largest absolute Gasteiger partial charge is 0.288 e. The molecule has 6 nitrogen and oxygen atoms in total. The van der Waals surface area contributed by atoms with E-state index < -0.39 is 79.4 Å². The molecule has 2 rings (SSSR count). The van der Waals surface area contributed by atoms with Gasteiger partial charge in [-0.3, -0.25) is 10.0 Å². The Labute approximate surface area is 166 Å². The third-order valence-electron chi connectivity index (χ3n) is 4.04. The molecule has 13 heteroatoms. The van der Waals surface area contributed by atoms with Crippen LogP contribution in [0, 0.1) is 34.9 Å². The van der Waals surface area contributed by atoms with E-state index in [1.165, 1.54) is 13.8 Å². The number of nitrogens with zero attached hydrogens (tertiary/aromatic N) is 1. The summed E-state index contributed by atoms with van der Waals surface area (Å²) in [7, 11) is -5.05. The smallest absolute Gasteiger partial charge is 0.277 e. The SMILES string of the molecule is CC(C)N(Cc1cc(F)c(C(=O)NO)cc1F)S(=O)(=O)c1cc(F)c(F)c(F)c1F. The molecule has 0 radical (unpaired) electrons. The predicted molar refractivity (Wildman–Crippen MR) is 89.7 cm³/mol. The maximum atomic E-state index is 14.3. The topological polar surface area (TPSA) is 86.7 Å². The van der Waals surface area contributed by atoms with Gasteiger partial charge in [0.1, 0.15) is 16.5 Å². The van der Waals surface area contributed by atoms with E-state index >= 15 is 0 Å². The summed E-state index contributed by atoms with van der Waals surface area (Å²) < 4.78 is 108. The lowest BCUT2D eigenvalue weighted by molar-refractivity contribution is 0.0701. The van der Waals surface area contributed by atoms with Gasteiger partial charge in [0.05, 0.1) is 5.56 Å². The van der Waals surface area contributed by atoms with Crippen molar-refractivity contribution in [1.82, 2.24) is 9.79 Å². The highest BCUT2D eigenvalue weighted by molar-refractivity contribution is 7.89. The van der Waals surface area contributed by atoms with E-state index in [1.54, 1.807) is 0 Å². The molecule has 0 aliphatic rings. The Kier molecular flexibility index (Phi) is 6.79. The Hall–Kier alpha value is -2.64. The van der Waals surface area contributed by atoms with Crippen LogP contribution in [0.5, 0.6) is 0 Å². The van der Waals surface area contributed by atoms with Crippen molar-refractivity contribution in [3.8, 4) is 0 Å². The van der Waals surface area contributed by atoms with Gasteiger partial charge in [0.2, 0.25) is 10.0 Å². The van der Waals surface area contributed by atoms with Gasteiger partial charge in [0, 0.05) is 24.2 Å². The minimum absolute atomic E-state index is 0.0654. The molecule has 0 atom stereocenters. The van der Waals surface area contributed by atoms with E-state index in [0.29, 0.717) is 16.4 Å². The molecule has 0 saturated heterocycles. The van der Waals surface area contributed by atoms with Crippen LogP contribution in [0.3, 0.4) is 0 Å². The number of benzene rings is 2. The fourth-order valence-electron chi connectivity index (χ4n) is 2.52. The lowest BCUT2D eigenvalue weighted by Crippen LogP contribution is -2.37. The lowest BCUT2D eigenvalue weighted by atomic mass is 10.1. The molecule has 0 fully saturated rings. The second-order valence-corrected chi connectivity index (χ2v) is 8.17. The molecule has 1 amide bonds. The van der Waals surface area contributed by atoms with Gasteiger partial charge in [-0.05, 0) is 26.0 Å². The van der Waals surface area contributed by atoms with Crippen molar-refractivity contribution in [2.75, 3.05) is 0 Å². The highest BCUT2D eigenvalue weighted by Gasteiger charge is 2.34. The summed E-state index contributed by atoms with van der Waals surface area (Å²) in [5, 5.41) is 8.51. The zero-order valence-electron chi connectivity index (χ0n) is 15.3. The Balaban J connectivity index is 2.57. The molecular formula is C17H14F6N2O4S. The van der Waals surface area contributed by atoms with Crippen LogP contribution < -0.4 is 5.48 Å². The van der Waals surface area contributed by atoms with E-state index in [2.05, 4.69) is 0 Å². The van der Waals surface area contributed by atoms with Gasteiger partial charge in [-0.25, -0.2) is 40.2 Å².